The van der Waals surface area contributed by atoms with Gasteiger partial charge in [-0.05, 0) is 13.0 Å². The van der Waals surface area contributed by atoms with Crippen LogP contribution in [0, 0.1) is 5.41 Å². The lowest BCUT2D eigenvalue weighted by Crippen LogP contribution is -2.44. The standard InChI is InChI=1S/C15H20N6O2S/c1-10-9-23-6-5-21(10)14-7-12(24(2)22)11(8-16)15(19-14)18-13-3-4-17-20-13/h3-4,7-8,10,16H,5-6,9H2,1-2H3,(H2,17,18,19,20)/t10-,24?/m1/s1. The summed E-state index contributed by atoms with van der Waals surface area (Å²) < 4.78 is 17.7. The summed E-state index contributed by atoms with van der Waals surface area (Å²) in [5.74, 6) is 1.87. The minimum atomic E-state index is -1.24. The lowest BCUT2D eigenvalue weighted by molar-refractivity contribution is 0.0985. The van der Waals surface area contributed by atoms with Crippen LogP contribution in [-0.2, 0) is 15.5 Å². The van der Waals surface area contributed by atoms with E-state index in [1.165, 1.54) is 6.21 Å². The molecule has 3 N–H and O–H groups in total. The largest absolute Gasteiger partial charge is 0.377 e. The average molecular weight is 348 g/mol. The molecule has 1 aliphatic heterocycles. The van der Waals surface area contributed by atoms with Gasteiger partial charge in [0.1, 0.15) is 17.5 Å². The highest BCUT2D eigenvalue weighted by atomic mass is 32.2. The summed E-state index contributed by atoms with van der Waals surface area (Å²) in [6, 6.07) is 3.74. The highest BCUT2D eigenvalue weighted by Crippen LogP contribution is 2.28. The Bertz CT molecular complexity index is 749. The van der Waals surface area contributed by atoms with Crippen molar-refractivity contribution < 1.29 is 8.95 Å². The van der Waals surface area contributed by atoms with Gasteiger partial charge in [0.25, 0.3) is 0 Å². The van der Waals surface area contributed by atoms with E-state index in [0.717, 1.165) is 12.4 Å². The van der Waals surface area contributed by atoms with Gasteiger partial charge in [0, 0.05) is 25.1 Å². The lowest BCUT2D eigenvalue weighted by Gasteiger charge is -2.34. The number of nitrogens with one attached hydrogen (secondary N) is 3. The van der Waals surface area contributed by atoms with E-state index in [9.17, 15) is 4.21 Å². The first-order valence-electron chi connectivity index (χ1n) is 7.60. The number of hydrogen-bond acceptors (Lipinski definition) is 7. The molecule has 0 saturated carbocycles. The molecule has 0 aliphatic carbocycles. The highest BCUT2D eigenvalue weighted by molar-refractivity contribution is 7.84. The van der Waals surface area contributed by atoms with Crippen molar-refractivity contribution in [1.29, 1.82) is 5.41 Å². The van der Waals surface area contributed by atoms with Crippen molar-refractivity contribution in [2.45, 2.75) is 17.9 Å². The molecule has 9 heteroatoms. The molecule has 0 radical (unpaired) electrons. The molecule has 2 aromatic rings. The summed E-state index contributed by atoms with van der Waals surface area (Å²) in [4.78, 5) is 7.37. The van der Waals surface area contributed by atoms with E-state index in [4.69, 9.17) is 10.1 Å². The molecule has 2 aromatic heterocycles. The molecule has 1 saturated heterocycles. The van der Waals surface area contributed by atoms with Crippen LogP contribution in [0.5, 0.6) is 0 Å². The van der Waals surface area contributed by atoms with Crippen molar-refractivity contribution >= 4 is 34.5 Å². The van der Waals surface area contributed by atoms with Gasteiger partial charge < -0.3 is 20.4 Å². The van der Waals surface area contributed by atoms with E-state index in [1.54, 1.807) is 24.6 Å². The van der Waals surface area contributed by atoms with E-state index in [2.05, 4.69) is 32.3 Å². The first kappa shape index (κ1) is 16.6. The fraction of sp³-hybridized carbons (Fsp3) is 0.400. The van der Waals surface area contributed by atoms with Crippen molar-refractivity contribution in [2.75, 3.05) is 36.2 Å². The fourth-order valence-corrected chi connectivity index (χ4v) is 3.40. The number of morpholine rings is 1. The second-order valence-electron chi connectivity index (χ2n) is 5.55. The molecule has 8 nitrogen and oxygen atoms in total. The van der Waals surface area contributed by atoms with Crippen LogP contribution in [0.25, 0.3) is 0 Å². The van der Waals surface area contributed by atoms with Gasteiger partial charge >= 0.3 is 0 Å². The summed E-state index contributed by atoms with van der Waals surface area (Å²) in [5.41, 5.74) is 0.509. The van der Waals surface area contributed by atoms with Crippen LogP contribution in [-0.4, -0.2) is 57.7 Å². The predicted octanol–water partition coefficient (Wildman–Crippen LogP) is 1.51. The molecule has 0 aromatic carbocycles. The first-order chi connectivity index (χ1) is 11.6. The minimum Gasteiger partial charge on any atom is -0.377 e. The average Bonchev–Trinajstić information content (AvgIpc) is 3.07. The van der Waals surface area contributed by atoms with Crippen molar-refractivity contribution in [1.82, 2.24) is 15.2 Å². The number of aromatic amines is 1. The van der Waals surface area contributed by atoms with Crippen LogP contribution in [0.4, 0.5) is 17.5 Å². The topological polar surface area (TPSA) is 107 Å². The number of hydrogen-bond donors (Lipinski definition) is 3. The molecule has 3 rings (SSSR count). The maximum Gasteiger partial charge on any atom is 0.144 e. The number of nitrogens with zero attached hydrogens (tertiary/aromatic N) is 3. The van der Waals surface area contributed by atoms with Crippen LogP contribution in [0.1, 0.15) is 12.5 Å². The summed E-state index contributed by atoms with van der Waals surface area (Å²) in [7, 11) is -1.24. The molecule has 24 heavy (non-hydrogen) atoms. The summed E-state index contributed by atoms with van der Waals surface area (Å²) in [5, 5.41) is 17.5. The molecule has 1 unspecified atom stereocenters. The van der Waals surface area contributed by atoms with Crippen LogP contribution in [0.3, 0.4) is 0 Å². The zero-order valence-corrected chi connectivity index (χ0v) is 14.4. The monoisotopic (exact) mass is 348 g/mol. The van der Waals surface area contributed by atoms with Crippen LogP contribution >= 0.6 is 0 Å². The van der Waals surface area contributed by atoms with Gasteiger partial charge in [-0.1, -0.05) is 0 Å². The second kappa shape index (κ2) is 7.10. The van der Waals surface area contributed by atoms with Gasteiger partial charge in [0.05, 0.1) is 46.7 Å². The Hall–Kier alpha value is -2.26. The second-order valence-corrected chi connectivity index (χ2v) is 6.90. The molecular formula is C15H20N6O2S. The number of rotatable bonds is 5. The fourth-order valence-electron chi connectivity index (χ4n) is 2.66. The SMILES string of the molecule is C[C@@H]1COCCN1c1cc(S(C)=O)c(C=N)c(Nc2ccn[nH]2)n1. The van der Waals surface area contributed by atoms with E-state index >= 15 is 0 Å². The zero-order chi connectivity index (χ0) is 17.1. The first-order valence-corrected chi connectivity index (χ1v) is 9.15. The minimum absolute atomic E-state index is 0.176. The van der Waals surface area contributed by atoms with Crippen molar-refractivity contribution in [3.05, 3.63) is 23.9 Å². The summed E-state index contributed by atoms with van der Waals surface area (Å²) in [6.07, 6.45) is 4.41. The van der Waals surface area contributed by atoms with E-state index in [0.29, 0.717) is 35.3 Å². The Balaban J connectivity index is 2.07. The van der Waals surface area contributed by atoms with Gasteiger partial charge in [-0.25, -0.2) is 4.98 Å². The quantitative estimate of drug-likeness (QED) is 0.707. The third-order valence-electron chi connectivity index (χ3n) is 3.88. The normalized spacial score (nSPS) is 19.1. The van der Waals surface area contributed by atoms with Gasteiger partial charge in [-0.3, -0.25) is 9.31 Å². The number of H-pyrrole nitrogens is 1. The molecule has 1 aliphatic rings. The predicted molar refractivity (Wildman–Crippen MR) is 94.0 cm³/mol. The molecule has 0 spiro atoms. The number of pyridine rings is 1. The Morgan fingerprint density at radius 3 is 3.04 bits per heavy atom. The highest BCUT2D eigenvalue weighted by Gasteiger charge is 2.23. The van der Waals surface area contributed by atoms with Gasteiger partial charge in [-0.2, -0.15) is 5.10 Å². The number of anilines is 3. The number of ether oxygens (including phenoxy) is 1. The van der Waals surface area contributed by atoms with E-state index in [-0.39, 0.29) is 6.04 Å². The lowest BCUT2D eigenvalue weighted by atomic mass is 10.2. The smallest absolute Gasteiger partial charge is 0.144 e. The maximum absolute atomic E-state index is 12.2. The Morgan fingerprint density at radius 1 is 1.58 bits per heavy atom. The molecule has 2 atom stereocenters. The zero-order valence-electron chi connectivity index (χ0n) is 13.6. The van der Waals surface area contributed by atoms with E-state index < -0.39 is 10.8 Å². The van der Waals surface area contributed by atoms with Crippen LogP contribution in [0.15, 0.2) is 23.2 Å². The molecule has 0 amide bonds. The van der Waals surface area contributed by atoms with Crippen molar-refractivity contribution in [3.63, 3.8) is 0 Å². The van der Waals surface area contributed by atoms with Crippen molar-refractivity contribution in [2.24, 2.45) is 0 Å². The Kier molecular flexibility index (Phi) is 4.91. The Labute approximate surface area is 142 Å². The van der Waals surface area contributed by atoms with Gasteiger partial charge in [0.15, 0.2) is 0 Å². The maximum atomic E-state index is 12.2. The molecule has 1 fully saturated rings. The van der Waals surface area contributed by atoms with Gasteiger partial charge in [-0.15, -0.1) is 0 Å². The van der Waals surface area contributed by atoms with Crippen LogP contribution < -0.4 is 10.2 Å². The third kappa shape index (κ3) is 3.31. The van der Waals surface area contributed by atoms with Gasteiger partial charge in [0.2, 0.25) is 0 Å². The molecule has 0 bridgehead atoms. The molecular weight excluding hydrogens is 328 g/mol. The molecule has 3 heterocycles. The summed E-state index contributed by atoms with van der Waals surface area (Å²) in [6.45, 7) is 4.04. The molecule has 128 valence electrons. The van der Waals surface area contributed by atoms with Crippen LogP contribution in [0.2, 0.25) is 0 Å². The van der Waals surface area contributed by atoms with E-state index in [1.807, 2.05) is 0 Å². The van der Waals surface area contributed by atoms with Crippen molar-refractivity contribution in [3.8, 4) is 0 Å². The third-order valence-corrected chi connectivity index (χ3v) is 4.83. The number of aromatic nitrogens is 3. The Morgan fingerprint density at radius 2 is 2.42 bits per heavy atom. The summed E-state index contributed by atoms with van der Waals surface area (Å²) >= 11 is 0.